The van der Waals surface area contributed by atoms with Crippen molar-refractivity contribution in [3.8, 4) is 0 Å². The van der Waals surface area contributed by atoms with Crippen LogP contribution in [-0.4, -0.2) is 24.1 Å². The molecule has 5 nitrogen and oxygen atoms in total. The fourth-order valence-corrected chi connectivity index (χ4v) is 3.27. The number of carbonyl (C=O) groups excluding carboxylic acids is 2. The van der Waals surface area contributed by atoms with E-state index < -0.39 is 0 Å². The second-order valence-electron chi connectivity index (χ2n) is 7.02. The zero-order valence-corrected chi connectivity index (χ0v) is 14.9. The van der Waals surface area contributed by atoms with Gasteiger partial charge in [0.25, 0.3) is 5.91 Å². The third-order valence-electron chi connectivity index (χ3n) is 5.02. The van der Waals surface area contributed by atoms with Gasteiger partial charge in [-0.3, -0.25) is 9.59 Å². The number of carbonyl (C=O) groups is 2. The molecule has 1 fully saturated rings. The van der Waals surface area contributed by atoms with Gasteiger partial charge < -0.3 is 5.32 Å². The van der Waals surface area contributed by atoms with Crippen molar-refractivity contribution >= 4 is 17.5 Å². The molecule has 0 aliphatic heterocycles. The predicted molar refractivity (Wildman–Crippen MR) is 96.5 cm³/mol. The van der Waals surface area contributed by atoms with Gasteiger partial charge >= 0.3 is 0 Å². The van der Waals surface area contributed by atoms with E-state index in [0.717, 1.165) is 55.4 Å². The topological polar surface area (TPSA) is 70.6 Å². The molecule has 0 heterocycles. The summed E-state index contributed by atoms with van der Waals surface area (Å²) in [5, 5.41) is 6.97. The van der Waals surface area contributed by atoms with Gasteiger partial charge in [-0.2, -0.15) is 5.10 Å². The van der Waals surface area contributed by atoms with E-state index in [9.17, 15) is 9.59 Å². The molecule has 0 saturated heterocycles. The maximum absolute atomic E-state index is 12.0. The fraction of sp³-hybridized carbons (Fsp3) is 0.632. The van der Waals surface area contributed by atoms with Crippen LogP contribution in [0.25, 0.3) is 0 Å². The molecular weight excluding hydrogens is 302 g/mol. The van der Waals surface area contributed by atoms with Crippen molar-refractivity contribution in [1.82, 2.24) is 10.7 Å². The Morgan fingerprint density at radius 2 is 1.96 bits per heavy atom. The summed E-state index contributed by atoms with van der Waals surface area (Å²) in [5.41, 5.74) is 5.69. The number of allylic oxidation sites excluding steroid dienone is 3. The summed E-state index contributed by atoms with van der Waals surface area (Å²) in [6, 6.07) is 0. The lowest BCUT2D eigenvalue weighted by atomic mass is 9.85. The zero-order chi connectivity index (χ0) is 17.5. The molecule has 5 heteroatoms. The number of nitrogens with one attached hydrogen (secondary N) is 2. The Balaban J connectivity index is 1.79. The van der Waals surface area contributed by atoms with Crippen LogP contribution in [0.3, 0.4) is 0 Å². The standard InChI is InChI=1S/C19H29N3O2/c1-13(2)16-10-9-14(3)17(11-16)21-22-18(23)12-20-19(24)15-7-5-4-6-8-15/h9,15-16H,1,4-8,10-12H2,2-3H3,(H,20,24)(H,22,23)/b21-17+. The maximum Gasteiger partial charge on any atom is 0.259 e. The highest BCUT2D eigenvalue weighted by molar-refractivity contribution is 6.01. The van der Waals surface area contributed by atoms with Crippen molar-refractivity contribution in [1.29, 1.82) is 0 Å². The van der Waals surface area contributed by atoms with Crippen LogP contribution in [0.4, 0.5) is 0 Å². The number of rotatable bonds is 5. The molecule has 0 aromatic heterocycles. The molecule has 2 aliphatic rings. The van der Waals surface area contributed by atoms with E-state index in [-0.39, 0.29) is 24.3 Å². The quantitative estimate of drug-likeness (QED) is 0.600. The van der Waals surface area contributed by atoms with Crippen LogP contribution in [-0.2, 0) is 9.59 Å². The first-order chi connectivity index (χ1) is 11.5. The molecular formula is C19H29N3O2. The van der Waals surface area contributed by atoms with Crippen LogP contribution in [0.15, 0.2) is 28.9 Å². The summed E-state index contributed by atoms with van der Waals surface area (Å²) in [6.07, 6.45) is 9.20. The van der Waals surface area contributed by atoms with Gasteiger partial charge in [0.1, 0.15) is 0 Å². The van der Waals surface area contributed by atoms with E-state index in [0.29, 0.717) is 5.92 Å². The van der Waals surface area contributed by atoms with Crippen LogP contribution in [0.2, 0.25) is 0 Å². The minimum Gasteiger partial charge on any atom is -0.347 e. The van der Waals surface area contributed by atoms with E-state index in [1.165, 1.54) is 6.42 Å². The Morgan fingerprint density at radius 3 is 2.62 bits per heavy atom. The molecule has 0 spiro atoms. The third kappa shape index (κ3) is 5.32. The van der Waals surface area contributed by atoms with Crippen molar-refractivity contribution in [2.24, 2.45) is 16.9 Å². The monoisotopic (exact) mass is 331 g/mol. The van der Waals surface area contributed by atoms with E-state index in [4.69, 9.17) is 0 Å². The van der Waals surface area contributed by atoms with Gasteiger partial charge in [-0.1, -0.05) is 37.5 Å². The molecule has 0 bridgehead atoms. The molecule has 2 rings (SSSR count). The van der Waals surface area contributed by atoms with Gasteiger partial charge in [-0.05, 0) is 51.0 Å². The normalized spacial score (nSPS) is 23.5. The van der Waals surface area contributed by atoms with Crippen LogP contribution in [0.1, 0.15) is 58.8 Å². The Kier molecular flexibility index (Phi) is 6.76. The molecule has 0 aromatic carbocycles. The predicted octanol–water partition coefficient (Wildman–Crippen LogP) is 3.09. The number of hydrogen-bond acceptors (Lipinski definition) is 3. The Bertz CT molecular complexity index is 557. The highest BCUT2D eigenvalue weighted by Crippen LogP contribution is 2.26. The number of hydrogen-bond donors (Lipinski definition) is 2. The van der Waals surface area contributed by atoms with Crippen molar-refractivity contribution in [2.45, 2.75) is 58.8 Å². The molecule has 1 atom stereocenters. The Morgan fingerprint density at radius 1 is 1.25 bits per heavy atom. The number of amides is 2. The maximum atomic E-state index is 12.0. The summed E-state index contributed by atoms with van der Waals surface area (Å²) in [4.78, 5) is 24.0. The van der Waals surface area contributed by atoms with Crippen molar-refractivity contribution in [3.63, 3.8) is 0 Å². The summed E-state index contributed by atoms with van der Waals surface area (Å²) >= 11 is 0. The van der Waals surface area contributed by atoms with E-state index >= 15 is 0 Å². The van der Waals surface area contributed by atoms with Gasteiger partial charge in [-0.15, -0.1) is 0 Å². The molecule has 2 N–H and O–H groups in total. The van der Waals surface area contributed by atoms with Gasteiger partial charge in [0.2, 0.25) is 5.91 Å². The van der Waals surface area contributed by atoms with Crippen LogP contribution in [0, 0.1) is 11.8 Å². The minimum atomic E-state index is -0.281. The molecule has 24 heavy (non-hydrogen) atoms. The lowest BCUT2D eigenvalue weighted by molar-refractivity contribution is -0.129. The molecule has 2 aliphatic carbocycles. The van der Waals surface area contributed by atoms with Gasteiger partial charge in [-0.25, -0.2) is 5.43 Å². The average molecular weight is 331 g/mol. The molecule has 1 saturated carbocycles. The Hall–Kier alpha value is -1.91. The SMILES string of the molecule is C=C(C)C1CC=C(C)/C(=N/NC(=O)CNC(=O)C2CCCCC2)C1. The number of nitrogens with zero attached hydrogens (tertiary/aromatic N) is 1. The highest BCUT2D eigenvalue weighted by atomic mass is 16.2. The van der Waals surface area contributed by atoms with Crippen molar-refractivity contribution in [3.05, 3.63) is 23.8 Å². The van der Waals surface area contributed by atoms with Crippen molar-refractivity contribution < 1.29 is 9.59 Å². The van der Waals surface area contributed by atoms with Gasteiger partial charge in [0, 0.05) is 5.92 Å². The molecule has 1 unspecified atom stereocenters. The van der Waals surface area contributed by atoms with Gasteiger partial charge in [0.15, 0.2) is 0 Å². The first kappa shape index (κ1) is 18.4. The lowest BCUT2D eigenvalue weighted by Gasteiger charge is -2.22. The fourth-order valence-electron chi connectivity index (χ4n) is 3.27. The van der Waals surface area contributed by atoms with Crippen molar-refractivity contribution in [2.75, 3.05) is 6.54 Å². The summed E-state index contributed by atoms with van der Waals surface area (Å²) < 4.78 is 0. The Labute approximate surface area is 144 Å². The smallest absolute Gasteiger partial charge is 0.259 e. The largest absolute Gasteiger partial charge is 0.347 e. The second-order valence-corrected chi connectivity index (χ2v) is 7.02. The third-order valence-corrected chi connectivity index (χ3v) is 5.02. The second kappa shape index (κ2) is 8.81. The highest BCUT2D eigenvalue weighted by Gasteiger charge is 2.21. The lowest BCUT2D eigenvalue weighted by Crippen LogP contribution is -2.39. The molecule has 0 aromatic rings. The van der Waals surface area contributed by atoms with Crippen LogP contribution < -0.4 is 10.7 Å². The number of hydrazone groups is 1. The van der Waals surface area contributed by atoms with E-state index in [2.05, 4.69) is 28.5 Å². The average Bonchev–Trinajstić information content (AvgIpc) is 2.59. The zero-order valence-electron chi connectivity index (χ0n) is 14.9. The summed E-state index contributed by atoms with van der Waals surface area (Å²) in [5.74, 6) is 0.165. The molecule has 0 radical (unpaired) electrons. The van der Waals surface area contributed by atoms with E-state index in [1.54, 1.807) is 0 Å². The first-order valence-electron chi connectivity index (χ1n) is 8.93. The summed E-state index contributed by atoms with van der Waals surface area (Å²) in [6.45, 7) is 8.02. The first-order valence-corrected chi connectivity index (χ1v) is 8.93. The molecule has 2 amide bonds. The van der Waals surface area contributed by atoms with Crippen LogP contribution >= 0.6 is 0 Å². The van der Waals surface area contributed by atoms with Gasteiger partial charge in [0.05, 0.1) is 12.3 Å². The molecule has 132 valence electrons. The minimum absolute atomic E-state index is 0.00593. The van der Waals surface area contributed by atoms with E-state index in [1.807, 2.05) is 13.8 Å². The van der Waals surface area contributed by atoms with Crippen LogP contribution in [0.5, 0.6) is 0 Å². The summed E-state index contributed by atoms with van der Waals surface area (Å²) in [7, 11) is 0.